The Labute approximate surface area is 178 Å². The van der Waals surface area contributed by atoms with E-state index in [1.165, 1.54) is 29.2 Å². The summed E-state index contributed by atoms with van der Waals surface area (Å²) in [4.78, 5) is 21.2. The van der Waals surface area contributed by atoms with E-state index < -0.39 is 16.9 Å². The van der Waals surface area contributed by atoms with Gasteiger partial charge in [-0.25, -0.2) is 18.7 Å². The lowest BCUT2D eigenvalue weighted by molar-refractivity contribution is -0.115. The Morgan fingerprint density at radius 2 is 1.97 bits per heavy atom. The Bertz CT molecular complexity index is 1260. The van der Waals surface area contributed by atoms with Crippen LogP contribution in [0.15, 0.2) is 34.8 Å². The van der Waals surface area contributed by atoms with E-state index in [1.54, 1.807) is 16.7 Å². The molecule has 0 radical (unpaired) electrons. The second-order valence-corrected chi connectivity index (χ2v) is 8.74. The maximum Gasteiger partial charge on any atom is 0.256 e. The molecule has 0 saturated carbocycles. The van der Waals surface area contributed by atoms with Crippen molar-refractivity contribution in [1.82, 2.24) is 24.6 Å². The molecule has 3 heterocycles. The number of amides is 1. The van der Waals surface area contributed by atoms with E-state index in [2.05, 4.69) is 25.5 Å². The molecule has 1 atom stereocenters. The first-order valence-corrected chi connectivity index (χ1v) is 10.7. The van der Waals surface area contributed by atoms with Gasteiger partial charge < -0.3 is 5.32 Å². The van der Waals surface area contributed by atoms with Crippen LogP contribution in [0.5, 0.6) is 0 Å². The highest BCUT2D eigenvalue weighted by molar-refractivity contribution is 8.00. The zero-order valence-corrected chi connectivity index (χ0v) is 17.8. The average Bonchev–Trinajstić information content (AvgIpc) is 3.31. The summed E-state index contributed by atoms with van der Waals surface area (Å²) in [7, 11) is 0. The van der Waals surface area contributed by atoms with Gasteiger partial charge in [-0.2, -0.15) is 0 Å². The molecule has 0 aliphatic heterocycles. The van der Waals surface area contributed by atoms with Gasteiger partial charge in [0.1, 0.15) is 0 Å². The summed E-state index contributed by atoms with van der Waals surface area (Å²) in [5.41, 5.74) is 2.65. The van der Waals surface area contributed by atoms with Crippen LogP contribution in [-0.4, -0.2) is 35.7 Å². The highest BCUT2D eigenvalue weighted by Gasteiger charge is 2.20. The van der Waals surface area contributed by atoms with E-state index >= 15 is 0 Å². The first kappa shape index (κ1) is 20.4. The number of fused-ring (bicyclic) bond motifs is 1. The van der Waals surface area contributed by atoms with Gasteiger partial charge in [0, 0.05) is 22.3 Å². The molecule has 3 aromatic heterocycles. The van der Waals surface area contributed by atoms with Crippen LogP contribution < -0.4 is 5.32 Å². The van der Waals surface area contributed by atoms with E-state index in [4.69, 9.17) is 0 Å². The molecule has 0 aliphatic carbocycles. The van der Waals surface area contributed by atoms with E-state index in [9.17, 15) is 13.6 Å². The normalized spacial score (nSPS) is 12.3. The third kappa shape index (κ3) is 4.03. The molecule has 1 amide bonds. The van der Waals surface area contributed by atoms with Crippen molar-refractivity contribution in [2.45, 2.75) is 31.2 Å². The lowest BCUT2D eigenvalue weighted by atomic mass is 10.2. The summed E-state index contributed by atoms with van der Waals surface area (Å²) >= 11 is 2.46. The van der Waals surface area contributed by atoms with E-state index in [0.29, 0.717) is 27.3 Å². The van der Waals surface area contributed by atoms with Crippen LogP contribution in [0.4, 0.5) is 13.9 Å². The quantitative estimate of drug-likeness (QED) is 0.461. The van der Waals surface area contributed by atoms with Gasteiger partial charge in [-0.15, -0.1) is 21.5 Å². The number of thioether (sulfide) groups is 1. The minimum atomic E-state index is -0.948. The smallest absolute Gasteiger partial charge is 0.256 e. The highest BCUT2D eigenvalue weighted by Crippen LogP contribution is 2.28. The number of carbonyl (C=O) groups is 1. The molecule has 11 heteroatoms. The van der Waals surface area contributed by atoms with Gasteiger partial charge in [0.15, 0.2) is 21.9 Å². The number of aromatic nitrogens is 5. The number of anilines is 1. The predicted octanol–water partition coefficient (Wildman–Crippen LogP) is 4.26. The topological polar surface area (TPSA) is 85.1 Å². The van der Waals surface area contributed by atoms with Gasteiger partial charge in [0.05, 0.1) is 10.9 Å². The van der Waals surface area contributed by atoms with Crippen LogP contribution in [0, 0.1) is 25.5 Å². The maximum atomic E-state index is 13.4. The standard InChI is InChI=1S/C19H16F2N6OS2/c1-9-6-10(2)27-17(22-9)25-26-19(27)30-11(3)16(28)24-18-23-15(8-29-18)12-4-5-13(20)14(21)7-12/h4-8,11H,1-3H3,(H,23,24,28)/t11-/m0/s1. The largest absolute Gasteiger partial charge is 0.301 e. The fourth-order valence-electron chi connectivity index (χ4n) is 2.81. The van der Waals surface area contributed by atoms with Crippen molar-refractivity contribution < 1.29 is 13.6 Å². The van der Waals surface area contributed by atoms with Crippen LogP contribution in [0.1, 0.15) is 18.3 Å². The monoisotopic (exact) mass is 446 g/mol. The van der Waals surface area contributed by atoms with Gasteiger partial charge >= 0.3 is 0 Å². The number of benzene rings is 1. The lowest BCUT2D eigenvalue weighted by Gasteiger charge is -2.10. The number of rotatable bonds is 5. The van der Waals surface area contributed by atoms with Gasteiger partial charge in [0.2, 0.25) is 5.91 Å². The molecule has 0 unspecified atom stereocenters. The van der Waals surface area contributed by atoms with Crippen molar-refractivity contribution in [3.05, 3.63) is 52.7 Å². The highest BCUT2D eigenvalue weighted by atomic mass is 32.2. The molecule has 0 aliphatic rings. The van der Waals surface area contributed by atoms with Crippen LogP contribution in [-0.2, 0) is 4.79 Å². The van der Waals surface area contributed by atoms with Gasteiger partial charge in [-0.1, -0.05) is 11.8 Å². The zero-order valence-electron chi connectivity index (χ0n) is 16.2. The molecule has 30 heavy (non-hydrogen) atoms. The lowest BCUT2D eigenvalue weighted by Crippen LogP contribution is -2.22. The summed E-state index contributed by atoms with van der Waals surface area (Å²) in [6.45, 7) is 5.56. The molecule has 1 aromatic carbocycles. The van der Waals surface area contributed by atoms with Crippen molar-refractivity contribution in [3.8, 4) is 11.3 Å². The van der Waals surface area contributed by atoms with Crippen LogP contribution >= 0.6 is 23.1 Å². The zero-order chi connectivity index (χ0) is 21.4. The van der Waals surface area contributed by atoms with Gasteiger partial charge in [-0.3, -0.25) is 9.20 Å². The number of hydrogen-bond donors (Lipinski definition) is 1. The Balaban J connectivity index is 1.47. The minimum absolute atomic E-state index is 0.263. The SMILES string of the molecule is Cc1cc(C)n2c(S[C@@H](C)C(=O)Nc3nc(-c4ccc(F)c(F)c4)cs3)nnc2n1. The fraction of sp³-hybridized carbons (Fsp3) is 0.211. The number of nitrogens with one attached hydrogen (secondary N) is 1. The van der Waals surface area contributed by atoms with Crippen molar-refractivity contribution in [2.24, 2.45) is 0 Å². The molecule has 1 N–H and O–H groups in total. The van der Waals surface area contributed by atoms with Crippen LogP contribution in [0.2, 0.25) is 0 Å². The second kappa shape index (κ2) is 8.07. The van der Waals surface area contributed by atoms with Gasteiger partial charge in [-0.05, 0) is 45.0 Å². The average molecular weight is 447 g/mol. The minimum Gasteiger partial charge on any atom is -0.301 e. The van der Waals surface area contributed by atoms with E-state index in [1.807, 2.05) is 19.9 Å². The van der Waals surface area contributed by atoms with Crippen LogP contribution in [0.3, 0.4) is 0 Å². The Hall–Kier alpha value is -2.92. The van der Waals surface area contributed by atoms with Gasteiger partial charge in [0.25, 0.3) is 5.78 Å². The second-order valence-electron chi connectivity index (χ2n) is 6.57. The molecule has 0 fully saturated rings. The van der Waals surface area contributed by atoms with E-state index in [-0.39, 0.29) is 5.91 Å². The molecule has 4 rings (SSSR count). The molecular weight excluding hydrogens is 430 g/mol. The fourth-order valence-corrected chi connectivity index (χ4v) is 4.44. The first-order chi connectivity index (χ1) is 14.3. The molecule has 4 aromatic rings. The molecule has 154 valence electrons. The predicted molar refractivity (Wildman–Crippen MR) is 112 cm³/mol. The molecule has 0 bridgehead atoms. The van der Waals surface area contributed by atoms with E-state index in [0.717, 1.165) is 23.5 Å². The van der Waals surface area contributed by atoms with Crippen LogP contribution in [0.25, 0.3) is 17.0 Å². The van der Waals surface area contributed by atoms with Crippen molar-refractivity contribution in [1.29, 1.82) is 0 Å². The first-order valence-electron chi connectivity index (χ1n) is 8.89. The maximum absolute atomic E-state index is 13.4. The van der Waals surface area contributed by atoms with Crippen molar-refractivity contribution in [3.63, 3.8) is 0 Å². The van der Waals surface area contributed by atoms with Crippen molar-refractivity contribution in [2.75, 3.05) is 5.32 Å². The molecule has 7 nitrogen and oxygen atoms in total. The van der Waals surface area contributed by atoms with Crippen molar-refractivity contribution >= 4 is 39.9 Å². The summed E-state index contributed by atoms with van der Waals surface area (Å²) in [6.07, 6.45) is 0. The third-order valence-electron chi connectivity index (χ3n) is 4.26. The molecule has 0 spiro atoms. The number of hydrogen-bond acceptors (Lipinski definition) is 7. The molecule has 0 saturated heterocycles. The summed E-state index contributed by atoms with van der Waals surface area (Å²) in [6, 6.07) is 5.47. The summed E-state index contributed by atoms with van der Waals surface area (Å²) in [5, 5.41) is 13.1. The third-order valence-corrected chi connectivity index (χ3v) is 6.06. The Kier molecular flexibility index (Phi) is 5.48. The number of halogens is 2. The number of thiazole rings is 1. The summed E-state index contributed by atoms with van der Waals surface area (Å²) in [5.74, 6) is -1.65. The number of carbonyl (C=O) groups excluding carboxylic acids is 1. The summed E-state index contributed by atoms with van der Waals surface area (Å²) < 4.78 is 28.3. The number of aryl methyl sites for hydroxylation is 2. The number of nitrogens with zero attached hydrogens (tertiary/aromatic N) is 5. The Morgan fingerprint density at radius 3 is 2.73 bits per heavy atom. The Morgan fingerprint density at radius 1 is 1.17 bits per heavy atom. The molecular formula is C19H16F2N6OS2.